The van der Waals surface area contributed by atoms with Crippen molar-refractivity contribution in [3.8, 4) is 17.6 Å². The Kier molecular flexibility index (Phi) is 6.99. The van der Waals surface area contributed by atoms with E-state index >= 15 is 0 Å². The van der Waals surface area contributed by atoms with Gasteiger partial charge in [0.05, 0.1) is 32.4 Å². The zero-order valence-corrected chi connectivity index (χ0v) is 18.2. The maximum atomic E-state index is 13.1. The van der Waals surface area contributed by atoms with Gasteiger partial charge in [-0.15, -0.1) is 0 Å². The summed E-state index contributed by atoms with van der Waals surface area (Å²) in [5.74, 6) is 0.536. The Bertz CT molecular complexity index is 1070. The molecule has 10 heteroatoms. The Morgan fingerprint density at radius 3 is 2.32 bits per heavy atom. The van der Waals surface area contributed by atoms with Crippen LogP contribution in [0.5, 0.6) is 11.5 Å². The molecule has 0 aliphatic carbocycles. The third-order valence-electron chi connectivity index (χ3n) is 5.04. The number of benzene rings is 2. The molecule has 0 radical (unpaired) electrons. The van der Waals surface area contributed by atoms with Gasteiger partial charge >= 0.3 is 0 Å². The van der Waals surface area contributed by atoms with E-state index in [1.165, 1.54) is 24.6 Å². The lowest BCUT2D eigenvalue weighted by Gasteiger charge is -2.34. The molecule has 1 aliphatic heterocycles. The molecule has 2 aromatic carbocycles. The molecule has 9 nitrogen and oxygen atoms in total. The van der Waals surface area contributed by atoms with Crippen molar-refractivity contribution < 1.29 is 22.7 Å². The van der Waals surface area contributed by atoms with E-state index in [2.05, 4.69) is 5.32 Å². The van der Waals surface area contributed by atoms with Gasteiger partial charge in [-0.1, -0.05) is 0 Å². The number of ether oxygens (including phenoxy) is 2. The molecule has 0 saturated carbocycles. The number of nitrogens with one attached hydrogen (secondary N) is 1. The van der Waals surface area contributed by atoms with E-state index < -0.39 is 10.0 Å². The molecule has 0 aromatic heterocycles. The van der Waals surface area contributed by atoms with Crippen LogP contribution in [0.25, 0.3) is 0 Å². The monoisotopic (exact) mass is 444 g/mol. The van der Waals surface area contributed by atoms with Gasteiger partial charge in [-0.3, -0.25) is 4.79 Å². The van der Waals surface area contributed by atoms with Crippen LogP contribution in [-0.2, 0) is 14.8 Å². The topological polar surface area (TPSA) is 112 Å². The van der Waals surface area contributed by atoms with Crippen LogP contribution in [0.1, 0.15) is 5.56 Å². The quantitative estimate of drug-likeness (QED) is 0.689. The number of carbonyl (C=O) groups excluding carboxylic acids is 1. The lowest BCUT2D eigenvalue weighted by molar-refractivity contribution is -0.130. The third-order valence-corrected chi connectivity index (χ3v) is 6.96. The summed E-state index contributed by atoms with van der Waals surface area (Å²) in [7, 11) is -0.918. The normalized spacial score (nSPS) is 14.5. The molecular formula is C21H24N4O5S. The van der Waals surface area contributed by atoms with Crippen molar-refractivity contribution in [3.63, 3.8) is 0 Å². The first-order valence-corrected chi connectivity index (χ1v) is 11.1. The summed E-state index contributed by atoms with van der Waals surface area (Å²) >= 11 is 0. The average Bonchev–Trinajstić information content (AvgIpc) is 2.82. The fraction of sp³-hybridized carbons (Fsp3) is 0.333. The number of rotatable bonds is 7. The molecular weight excluding hydrogens is 420 g/mol. The van der Waals surface area contributed by atoms with Crippen molar-refractivity contribution in [1.29, 1.82) is 5.26 Å². The number of amides is 1. The Labute approximate surface area is 181 Å². The van der Waals surface area contributed by atoms with Crippen LogP contribution >= 0.6 is 0 Å². The molecule has 1 aliphatic rings. The highest BCUT2D eigenvalue weighted by Gasteiger charge is 2.32. The van der Waals surface area contributed by atoms with Gasteiger partial charge in [0.1, 0.15) is 16.4 Å². The highest BCUT2D eigenvalue weighted by Crippen LogP contribution is 2.31. The number of carbonyl (C=O) groups is 1. The van der Waals surface area contributed by atoms with E-state index in [4.69, 9.17) is 14.7 Å². The average molecular weight is 445 g/mol. The number of piperazine rings is 1. The Morgan fingerprint density at radius 1 is 1.06 bits per heavy atom. The zero-order chi connectivity index (χ0) is 22.4. The third kappa shape index (κ3) is 5.07. The SMILES string of the molecule is COc1ccc(OC)c(S(=O)(=O)N2CCN(C(=O)CNc3ccc(C#N)cc3)CC2)c1. The van der Waals surface area contributed by atoms with E-state index in [0.717, 1.165) is 5.69 Å². The summed E-state index contributed by atoms with van der Waals surface area (Å²) in [5, 5.41) is 11.9. The number of anilines is 1. The number of hydrogen-bond acceptors (Lipinski definition) is 7. The number of sulfonamides is 1. The molecule has 0 atom stereocenters. The minimum absolute atomic E-state index is 0.0385. The smallest absolute Gasteiger partial charge is 0.247 e. The van der Waals surface area contributed by atoms with E-state index in [9.17, 15) is 13.2 Å². The summed E-state index contributed by atoms with van der Waals surface area (Å²) in [6, 6.07) is 13.5. The number of nitrogens with zero attached hydrogens (tertiary/aromatic N) is 3. The lowest BCUT2D eigenvalue weighted by atomic mass is 10.2. The summed E-state index contributed by atoms with van der Waals surface area (Å²) in [6.45, 7) is 1.04. The molecule has 1 fully saturated rings. The predicted molar refractivity (Wildman–Crippen MR) is 115 cm³/mol. The molecule has 164 valence electrons. The largest absolute Gasteiger partial charge is 0.497 e. The molecule has 0 spiro atoms. The van der Waals surface area contributed by atoms with Crippen molar-refractivity contribution in [1.82, 2.24) is 9.21 Å². The lowest BCUT2D eigenvalue weighted by Crippen LogP contribution is -2.51. The van der Waals surface area contributed by atoms with Gasteiger partial charge in [-0.25, -0.2) is 8.42 Å². The van der Waals surface area contributed by atoms with Crippen molar-refractivity contribution in [2.24, 2.45) is 0 Å². The van der Waals surface area contributed by atoms with Crippen LogP contribution in [0.2, 0.25) is 0 Å². The van der Waals surface area contributed by atoms with Crippen LogP contribution in [0.15, 0.2) is 47.4 Å². The highest BCUT2D eigenvalue weighted by atomic mass is 32.2. The van der Waals surface area contributed by atoms with Gasteiger partial charge in [-0.2, -0.15) is 9.57 Å². The second-order valence-electron chi connectivity index (χ2n) is 6.84. The Hall–Kier alpha value is -3.29. The van der Waals surface area contributed by atoms with Gasteiger partial charge in [0.15, 0.2) is 0 Å². The van der Waals surface area contributed by atoms with Crippen molar-refractivity contribution in [2.75, 3.05) is 52.3 Å². The van der Waals surface area contributed by atoms with Gasteiger partial charge < -0.3 is 19.7 Å². The van der Waals surface area contributed by atoms with Crippen LogP contribution in [0, 0.1) is 11.3 Å². The molecule has 0 bridgehead atoms. The minimum Gasteiger partial charge on any atom is -0.497 e. The summed E-state index contributed by atoms with van der Waals surface area (Å²) in [6.07, 6.45) is 0. The fourth-order valence-corrected chi connectivity index (χ4v) is 4.85. The van der Waals surface area contributed by atoms with Crippen molar-refractivity contribution in [3.05, 3.63) is 48.0 Å². The van der Waals surface area contributed by atoms with E-state index in [1.807, 2.05) is 6.07 Å². The molecule has 0 unspecified atom stereocenters. The molecule has 1 heterocycles. The van der Waals surface area contributed by atoms with Crippen LogP contribution in [0.3, 0.4) is 0 Å². The van der Waals surface area contributed by atoms with Crippen LogP contribution in [-0.4, -0.2) is 70.5 Å². The maximum absolute atomic E-state index is 13.1. The molecule has 2 aromatic rings. The molecule has 1 N–H and O–H groups in total. The first kappa shape index (κ1) is 22.4. The Balaban J connectivity index is 1.60. The molecule has 1 amide bonds. The first-order chi connectivity index (χ1) is 14.9. The minimum atomic E-state index is -3.80. The maximum Gasteiger partial charge on any atom is 0.247 e. The second-order valence-corrected chi connectivity index (χ2v) is 8.75. The second kappa shape index (κ2) is 9.68. The molecule has 1 saturated heterocycles. The standard InChI is InChI=1S/C21H24N4O5S/c1-29-18-7-8-19(30-2)20(13-18)31(27,28)25-11-9-24(10-12-25)21(26)15-23-17-5-3-16(14-22)4-6-17/h3-8,13,23H,9-12,15H2,1-2H3. The zero-order valence-electron chi connectivity index (χ0n) is 17.4. The van der Waals surface area contributed by atoms with Gasteiger partial charge in [0.25, 0.3) is 0 Å². The van der Waals surface area contributed by atoms with E-state index in [-0.39, 0.29) is 36.2 Å². The summed E-state index contributed by atoms with van der Waals surface area (Å²) < 4.78 is 38.0. The summed E-state index contributed by atoms with van der Waals surface area (Å²) in [4.78, 5) is 14.2. The molecule has 3 rings (SSSR count). The van der Waals surface area contributed by atoms with Crippen molar-refractivity contribution >= 4 is 21.6 Å². The summed E-state index contributed by atoms with van der Waals surface area (Å²) in [5.41, 5.74) is 1.28. The van der Waals surface area contributed by atoms with Gasteiger partial charge in [0, 0.05) is 37.9 Å². The van der Waals surface area contributed by atoms with Gasteiger partial charge in [0.2, 0.25) is 15.9 Å². The van der Waals surface area contributed by atoms with Crippen LogP contribution < -0.4 is 14.8 Å². The van der Waals surface area contributed by atoms with E-state index in [0.29, 0.717) is 24.4 Å². The first-order valence-electron chi connectivity index (χ1n) is 9.63. The predicted octanol–water partition coefficient (Wildman–Crippen LogP) is 1.52. The molecule has 31 heavy (non-hydrogen) atoms. The number of methoxy groups -OCH3 is 2. The number of hydrogen-bond donors (Lipinski definition) is 1. The highest BCUT2D eigenvalue weighted by molar-refractivity contribution is 7.89. The number of nitriles is 1. The van der Waals surface area contributed by atoms with Gasteiger partial charge in [-0.05, 0) is 36.4 Å². The Morgan fingerprint density at radius 2 is 1.74 bits per heavy atom. The fourth-order valence-electron chi connectivity index (χ4n) is 3.25. The van der Waals surface area contributed by atoms with Crippen molar-refractivity contribution in [2.45, 2.75) is 4.90 Å². The van der Waals surface area contributed by atoms with Crippen LogP contribution in [0.4, 0.5) is 5.69 Å². The van der Waals surface area contributed by atoms with E-state index in [1.54, 1.807) is 41.3 Å².